The lowest BCUT2D eigenvalue weighted by Gasteiger charge is -2.19. The van der Waals surface area contributed by atoms with Crippen LogP contribution in [0, 0.1) is 5.92 Å². The summed E-state index contributed by atoms with van der Waals surface area (Å²) >= 11 is 0. The summed E-state index contributed by atoms with van der Waals surface area (Å²) in [5.41, 5.74) is 9.51. The van der Waals surface area contributed by atoms with Crippen LogP contribution in [0.4, 0.5) is 0 Å². The lowest BCUT2D eigenvalue weighted by atomic mass is 10.1. The molecule has 1 aliphatic rings. The molecule has 26 heavy (non-hydrogen) atoms. The van der Waals surface area contributed by atoms with Gasteiger partial charge in [0.25, 0.3) is 0 Å². The van der Waals surface area contributed by atoms with E-state index in [0.29, 0.717) is 5.92 Å². The monoisotopic (exact) mass is 378 g/mol. The minimum Gasteiger partial charge on any atom is -0.497 e. The van der Waals surface area contributed by atoms with E-state index in [9.17, 15) is 0 Å². The van der Waals surface area contributed by atoms with Crippen LogP contribution in [0.3, 0.4) is 0 Å². The number of hydrogen-bond donors (Lipinski definition) is 1. The van der Waals surface area contributed by atoms with Crippen molar-refractivity contribution < 1.29 is 4.74 Å². The molecule has 144 valence electrons. The van der Waals surface area contributed by atoms with Gasteiger partial charge in [0.15, 0.2) is 0 Å². The maximum Gasteiger partial charge on any atom is 0.119 e. The molecule has 2 heterocycles. The number of methoxy groups -OCH3 is 1. The van der Waals surface area contributed by atoms with Crippen LogP contribution in [0.5, 0.6) is 5.75 Å². The Labute approximate surface area is 162 Å². The lowest BCUT2D eigenvalue weighted by Crippen LogP contribution is -2.28. The number of halogens is 1. The maximum absolute atomic E-state index is 6.20. The molecule has 5 nitrogen and oxygen atoms in total. The van der Waals surface area contributed by atoms with E-state index < -0.39 is 0 Å². The zero-order valence-electron chi connectivity index (χ0n) is 16.4. The van der Waals surface area contributed by atoms with Crippen molar-refractivity contribution in [2.75, 3.05) is 20.2 Å². The number of hydrogen-bond acceptors (Lipinski definition) is 4. The van der Waals surface area contributed by atoms with E-state index >= 15 is 0 Å². The summed E-state index contributed by atoms with van der Waals surface area (Å²) in [5, 5.41) is 4.91. The van der Waals surface area contributed by atoms with Crippen molar-refractivity contribution in [2.24, 2.45) is 11.7 Å². The molecular weight excluding hydrogens is 348 g/mol. The molecule has 6 heteroatoms. The van der Waals surface area contributed by atoms with Crippen molar-refractivity contribution in [2.45, 2.75) is 45.8 Å². The smallest absolute Gasteiger partial charge is 0.119 e. The molecule has 0 radical (unpaired) electrons. The Balaban J connectivity index is 0.00000243. The fraction of sp³-hybridized carbons (Fsp3) is 0.550. The van der Waals surface area contributed by atoms with Gasteiger partial charge < -0.3 is 10.5 Å². The van der Waals surface area contributed by atoms with Gasteiger partial charge in [-0.1, -0.05) is 19.1 Å². The Morgan fingerprint density at radius 2 is 2.00 bits per heavy atom. The molecule has 2 atom stereocenters. The summed E-state index contributed by atoms with van der Waals surface area (Å²) in [7, 11) is 1.70. The van der Waals surface area contributed by atoms with Crippen LogP contribution in [-0.2, 0) is 12.1 Å². The first-order valence-corrected chi connectivity index (χ1v) is 8.99. The highest BCUT2D eigenvalue weighted by atomic mass is 35.5. The molecule has 2 aromatic rings. The van der Waals surface area contributed by atoms with Crippen LogP contribution in [0.25, 0.3) is 11.3 Å². The summed E-state index contributed by atoms with van der Waals surface area (Å²) in [6.07, 6.45) is 2.18. The SMILES string of the molecule is COc1cccc(-c2nn(C(C)(C)C)cc2CN2CC(C)C(N)C2)c1.Cl. The first-order chi connectivity index (χ1) is 11.8. The van der Waals surface area contributed by atoms with Crippen LogP contribution in [0.1, 0.15) is 33.3 Å². The second-order valence-corrected chi connectivity index (χ2v) is 8.19. The Hall–Kier alpha value is -1.56. The molecule has 1 aromatic heterocycles. The third-order valence-corrected chi connectivity index (χ3v) is 4.96. The van der Waals surface area contributed by atoms with Gasteiger partial charge in [-0.3, -0.25) is 9.58 Å². The van der Waals surface area contributed by atoms with Crippen LogP contribution < -0.4 is 10.5 Å². The molecule has 3 rings (SSSR count). The molecular formula is C20H31ClN4O. The minimum atomic E-state index is -0.0550. The summed E-state index contributed by atoms with van der Waals surface area (Å²) < 4.78 is 7.46. The highest BCUT2D eigenvalue weighted by molar-refractivity contribution is 5.85. The van der Waals surface area contributed by atoms with Crippen molar-refractivity contribution in [3.8, 4) is 17.0 Å². The van der Waals surface area contributed by atoms with Crippen LogP contribution in [-0.4, -0.2) is 40.9 Å². The highest BCUT2D eigenvalue weighted by Crippen LogP contribution is 2.29. The largest absolute Gasteiger partial charge is 0.497 e. The Morgan fingerprint density at radius 1 is 1.27 bits per heavy atom. The molecule has 0 aliphatic carbocycles. The van der Waals surface area contributed by atoms with E-state index in [1.54, 1.807) is 7.11 Å². The number of benzene rings is 1. The van der Waals surface area contributed by atoms with Crippen molar-refractivity contribution in [1.82, 2.24) is 14.7 Å². The summed E-state index contributed by atoms with van der Waals surface area (Å²) in [6, 6.07) is 8.39. The van der Waals surface area contributed by atoms with E-state index in [0.717, 1.165) is 36.6 Å². The third kappa shape index (κ3) is 4.40. The molecule has 1 aromatic carbocycles. The summed E-state index contributed by atoms with van der Waals surface area (Å²) in [5.74, 6) is 1.39. The average molecular weight is 379 g/mol. The molecule has 0 amide bonds. The van der Waals surface area contributed by atoms with Gasteiger partial charge in [0.1, 0.15) is 5.75 Å². The molecule has 2 unspecified atom stereocenters. The van der Waals surface area contributed by atoms with E-state index in [-0.39, 0.29) is 24.0 Å². The zero-order valence-corrected chi connectivity index (χ0v) is 17.2. The van der Waals surface area contributed by atoms with Gasteiger partial charge >= 0.3 is 0 Å². The van der Waals surface area contributed by atoms with E-state index in [1.807, 2.05) is 12.1 Å². The minimum absolute atomic E-state index is 0. The Morgan fingerprint density at radius 3 is 2.58 bits per heavy atom. The van der Waals surface area contributed by atoms with Gasteiger partial charge in [-0.05, 0) is 38.8 Å². The summed E-state index contributed by atoms with van der Waals surface area (Å²) in [4.78, 5) is 2.43. The van der Waals surface area contributed by atoms with Gasteiger partial charge in [0.2, 0.25) is 0 Å². The molecule has 0 saturated carbocycles. The summed E-state index contributed by atoms with van der Waals surface area (Å²) in [6.45, 7) is 11.6. The molecule has 1 saturated heterocycles. The highest BCUT2D eigenvalue weighted by Gasteiger charge is 2.28. The number of nitrogens with two attached hydrogens (primary N) is 1. The number of aromatic nitrogens is 2. The molecule has 2 N–H and O–H groups in total. The van der Waals surface area contributed by atoms with E-state index in [4.69, 9.17) is 15.6 Å². The number of likely N-dealkylation sites (tertiary alicyclic amines) is 1. The van der Waals surface area contributed by atoms with Crippen molar-refractivity contribution in [3.05, 3.63) is 36.0 Å². The number of ether oxygens (including phenoxy) is 1. The Bertz CT molecular complexity index is 728. The van der Waals surface area contributed by atoms with Gasteiger partial charge in [0, 0.05) is 43.0 Å². The maximum atomic E-state index is 6.20. The van der Waals surface area contributed by atoms with Crippen LogP contribution >= 0.6 is 12.4 Å². The predicted octanol–water partition coefficient (Wildman–Crippen LogP) is 3.51. The third-order valence-electron chi connectivity index (χ3n) is 4.96. The number of nitrogens with zero attached hydrogens (tertiary/aromatic N) is 3. The fourth-order valence-electron chi connectivity index (χ4n) is 3.35. The van der Waals surface area contributed by atoms with Gasteiger partial charge in [0.05, 0.1) is 18.3 Å². The average Bonchev–Trinajstić information content (AvgIpc) is 3.11. The van der Waals surface area contributed by atoms with Gasteiger partial charge in [-0.15, -0.1) is 12.4 Å². The number of rotatable bonds is 4. The zero-order chi connectivity index (χ0) is 18.2. The fourth-order valence-corrected chi connectivity index (χ4v) is 3.35. The Kier molecular flexibility index (Phi) is 6.37. The standard InChI is InChI=1S/C20H30N4O.ClH/c1-14-10-23(13-18(14)21)11-16-12-24(20(2,3)4)22-19(16)15-7-6-8-17(9-15)25-5;/h6-9,12,14,18H,10-11,13,21H2,1-5H3;1H. The first-order valence-electron chi connectivity index (χ1n) is 8.99. The first kappa shape index (κ1) is 20.7. The van der Waals surface area contributed by atoms with E-state index in [1.165, 1.54) is 5.56 Å². The normalized spacial score (nSPS) is 20.8. The van der Waals surface area contributed by atoms with Crippen molar-refractivity contribution >= 4 is 12.4 Å². The quantitative estimate of drug-likeness (QED) is 0.884. The molecule has 0 spiro atoms. The van der Waals surface area contributed by atoms with E-state index in [2.05, 4.69) is 55.6 Å². The second-order valence-electron chi connectivity index (χ2n) is 8.19. The lowest BCUT2D eigenvalue weighted by molar-refractivity contribution is 0.317. The van der Waals surface area contributed by atoms with Gasteiger partial charge in [-0.2, -0.15) is 5.10 Å². The van der Waals surface area contributed by atoms with Crippen molar-refractivity contribution in [3.63, 3.8) is 0 Å². The molecule has 0 bridgehead atoms. The predicted molar refractivity (Wildman–Crippen MR) is 109 cm³/mol. The topological polar surface area (TPSA) is 56.3 Å². The molecule has 1 aliphatic heterocycles. The van der Waals surface area contributed by atoms with Crippen molar-refractivity contribution in [1.29, 1.82) is 0 Å². The van der Waals surface area contributed by atoms with Crippen LogP contribution in [0.2, 0.25) is 0 Å². The van der Waals surface area contributed by atoms with Crippen LogP contribution in [0.15, 0.2) is 30.5 Å². The second kappa shape index (κ2) is 7.99. The van der Waals surface area contributed by atoms with Gasteiger partial charge in [-0.25, -0.2) is 0 Å². The molecule has 1 fully saturated rings.